The molecule has 2 amide bonds. The lowest BCUT2D eigenvalue weighted by atomic mass is 10.0. The van der Waals surface area contributed by atoms with Gasteiger partial charge in [0.15, 0.2) is 0 Å². The van der Waals surface area contributed by atoms with Crippen LogP contribution in [0.1, 0.15) is 37.8 Å². The minimum absolute atomic E-state index is 0.0157. The number of likely N-dealkylation sites (tertiary alicyclic amines) is 1. The first kappa shape index (κ1) is 13.4. The van der Waals surface area contributed by atoms with Crippen molar-refractivity contribution in [2.45, 2.75) is 32.2 Å². The molecule has 4 nitrogen and oxygen atoms in total. The molecule has 0 bridgehead atoms. The number of nitrogens with zero attached hydrogens (tertiary/aromatic N) is 1. The van der Waals surface area contributed by atoms with Crippen LogP contribution in [0.5, 0.6) is 0 Å². The molecule has 4 heteroatoms. The van der Waals surface area contributed by atoms with Crippen molar-refractivity contribution in [3.63, 3.8) is 0 Å². The molecule has 0 aromatic heterocycles. The van der Waals surface area contributed by atoms with E-state index in [0.717, 1.165) is 36.2 Å². The maximum atomic E-state index is 12.3. The quantitative estimate of drug-likeness (QED) is 0.870. The summed E-state index contributed by atoms with van der Waals surface area (Å²) < 4.78 is 0. The smallest absolute Gasteiger partial charge is 0.321 e. The van der Waals surface area contributed by atoms with Gasteiger partial charge >= 0.3 is 6.03 Å². The fourth-order valence-corrected chi connectivity index (χ4v) is 3.50. The fraction of sp³-hybridized carbons (Fsp3) is 0.562. The van der Waals surface area contributed by atoms with Gasteiger partial charge < -0.3 is 16.0 Å². The largest absolute Gasteiger partial charge is 0.324 e. The van der Waals surface area contributed by atoms with Crippen LogP contribution in [-0.2, 0) is 0 Å². The lowest BCUT2D eigenvalue weighted by molar-refractivity contribution is 0.219. The van der Waals surface area contributed by atoms with Gasteiger partial charge in [-0.05, 0) is 49.3 Å². The van der Waals surface area contributed by atoms with E-state index < -0.39 is 0 Å². The van der Waals surface area contributed by atoms with Crippen LogP contribution < -0.4 is 11.1 Å². The minimum atomic E-state index is -0.0157. The Kier molecular flexibility index (Phi) is 3.66. The summed E-state index contributed by atoms with van der Waals surface area (Å²) in [6.45, 7) is 3.79. The van der Waals surface area contributed by atoms with E-state index in [1.54, 1.807) is 0 Å². The zero-order chi connectivity index (χ0) is 14.1. The van der Waals surface area contributed by atoms with E-state index in [2.05, 4.69) is 5.32 Å². The SMILES string of the molecule is CC(N)c1cccc(NC(=O)N2CC3CCCC3C2)c1. The number of benzene rings is 1. The highest BCUT2D eigenvalue weighted by Gasteiger charge is 2.37. The van der Waals surface area contributed by atoms with E-state index in [1.807, 2.05) is 36.1 Å². The third-order valence-corrected chi connectivity index (χ3v) is 4.68. The van der Waals surface area contributed by atoms with Gasteiger partial charge in [-0.25, -0.2) is 4.79 Å². The number of urea groups is 1. The van der Waals surface area contributed by atoms with Gasteiger partial charge in [0.2, 0.25) is 0 Å². The first-order chi connectivity index (χ1) is 9.63. The molecule has 0 radical (unpaired) electrons. The minimum Gasteiger partial charge on any atom is -0.324 e. The van der Waals surface area contributed by atoms with Gasteiger partial charge in [-0.3, -0.25) is 0 Å². The molecule has 20 heavy (non-hydrogen) atoms. The van der Waals surface area contributed by atoms with Crippen molar-refractivity contribution in [3.8, 4) is 0 Å². The predicted octanol–water partition coefficient (Wildman–Crippen LogP) is 2.97. The van der Waals surface area contributed by atoms with Gasteiger partial charge in [0.25, 0.3) is 0 Å². The highest BCUT2D eigenvalue weighted by Crippen LogP contribution is 2.37. The number of nitrogens with two attached hydrogens (primary N) is 1. The third-order valence-electron chi connectivity index (χ3n) is 4.68. The number of amides is 2. The monoisotopic (exact) mass is 273 g/mol. The lowest BCUT2D eigenvalue weighted by Gasteiger charge is -2.18. The molecule has 1 heterocycles. The molecule has 1 aliphatic heterocycles. The highest BCUT2D eigenvalue weighted by molar-refractivity contribution is 5.89. The maximum Gasteiger partial charge on any atom is 0.321 e. The molecule has 1 aromatic carbocycles. The van der Waals surface area contributed by atoms with Gasteiger partial charge in [0, 0.05) is 24.8 Å². The van der Waals surface area contributed by atoms with Crippen molar-refractivity contribution in [2.24, 2.45) is 17.6 Å². The fourth-order valence-electron chi connectivity index (χ4n) is 3.50. The van der Waals surface area contributed by atoms with Crippen molar-refractivity contribution in [3.05, 3.63) is 29.8 Å². The number of anilines is 1. The first-order valence-electron chi connectivity index (χ1n) is 7.55. The summed E-state index contributed by atoms with van der Waals surface area (Å²) in [5, 5.41) is 3.00. The molecule has 3 atom stereocenters. The van der Waals surface area contributed by atoms with Crippen molar-refractivity contribution in [1.82, 2.24) is 4.90 Å². The third kappa shape index (κ3) is 2.66. The van der Waals surface area contributed by atoms with E-state index >= 15 is 0 Å². The molecule has 3 N–H and O–H groups in total. The summed E-state index contributed by atoms with van der Waals surface area (Å²) in [5.41, 5.74) is 7.75. The number of hydrogen-bond acceptors (Lipinski definition) is 2. The number of carbonyl (C=O) groups is 1. The molecule has 1 aromatic rings. The number of carbonyl (C=O) groups excluding carboxylic acids is 1. The van der Waals surface area contributed by atoms with Gasteiger partial charge in [-0.1, -0.05) is 18.6 Å². The van der Waals surface area contributed by atoms with E-state index in [-0.39, 0.29) is 12.1 Å². The number of nitrogens with one attached hydrogen (secondary N) is 1. The van der Waals surface area contributed by atoms with Crippen molar-refractivity contribution in [2.75, 3.05) is 18.4 Å². The van der Waals surface area contributed by atoms with Crippen LogP contribution in [0.15, 0.2) is 24.3 Å². The molecule has 1 aliphatic carbocycles. The highest BCUT2D eigenvalue weighted by atomic mass is 16.2. The summed E-state index contributed by atoms with van der Waals surface area (Å²) in [7, 11) is 0. The summed E-state index contributed by atoms with van der Waals surface area (Å²) >= 11 is 0. The topological polar surface area (TPSA) is 58.4 Å². The molecular weight excluding hydrogens is 250 g/mol. The summed E-state index contributed by atoms with van der Waals surface area (Å²) in [6.07, 6.45) is 3.91. The van der Waals surface area contributed by atoms with Crippen LogP contribution in [0.25, 0.3) is 0 Å². The number of hydrogen-bond donors (Lipinski definition) is 2. The summed E-state index contributed by atoms with van der Waals surface area (Å²) in [4.78, 5) is 14.3. The Morgan fingerprint density at radius 1 is 1.35 bits per heavy atom. The van der Waals surface area contributed by atoms with Gasteiger partial charge in [0.05, 0.1) is 0 Å². The Hall–Kier alpha value is -1.55. The Balaban J connectivity index is 1.63. The van der Waals surface area contributed by atoms with E-state index in [9.17, 15) is 4.79 Å². The molecular formula is C16H23N3O. The van der Waals surface area contributed by atoms with Crippen LogP contribution in [0.3, 0.4) is 0 Å². The van der Waals surface area contributed by atoms with Crippen LogP contribution in [0.4, 0.5) is 10.5 Å². The van der Waals surface area contributed by atoms with E-state index in [0.29, 0.717) is 0 Å². The first-order valence-corrected chi connectivity index (χ1v) is 7.55. The average molecular weight is 273 g/mol. The summed E-state index contributed by atoms with van der Waals surface area (Å²) in [5.74, 6) is 1.47. The van der Waals surface area contributed by atoms with Gasteiger partial charge in [0.1, 0.15) is 0 Å². The van der Waals surface area contributed by atoms with Crippen LogP contribution in [0.2, 0.25) is 0 Å². The van der Waals surface area contributed by atoms with Crippen LogP contribution in [0, 0.1) is 11.8 Å². The molecule has 0 spiro atoms. The van der Waals surface area contributed by atoms with Crippen molar-refractivity contribution < 1.29 is 4.79 Å². The second kappa shape index (κ2) is 5.44. The standard InChI is InChI=1S/C16H23N3O/c1-11(17)12-4-3-7-15(8-12)18-16(20)19-9-13-5-2-6-14(13)10-19/h3-4,7-8,11,13-14H,2,5-6,9-10,17H2,1H3,(H,18,20). The molecule has 108 valence electrons. The molecule has 2 aliphatic rings. The average Bonchev–Trinajstić information content (AvgIpc) is 2.99. The van der Waals surface area contributed by atoms with E-state index in [1.165, 1.54) is 19.3 Å². The molecule has 3 unspecified atom stereocenters. The number of fused-ring (bicyclic) bond motifs is 1. The second-order valence-electron chi connectivity index (χ2n) is 6.20. The van der Waals surface area contributed by atoms with Crippen molar-refractivity contribution in [1.29, 1.82) is 0 Å². The summed E-state index contributed by atoms with van der Waals surface area (Å²) in [6, 6.07) is 7.81. The second-order valence-corrected chi connectivity index (χ2v) is 6.20. The van der Waals surface area contributed by atoms with Gasteiger partial charge in [-0.2, -0.15) is 0 Å². The molecule has 3 rings (SSSR count). The number of rotatable bonds is 2. The van der Waals surface area contributed by atoms with Crippen LogP contribution >= 0.6 is 0 Å². The Bertz CT molecular complexity index is 488. The Morgan fingerprint density at radius 2 is 2.05 bits per heavy atom. The molecule has 1 saturated heterocycles. The lowest BCUT2D eigenvalue weighted by Crippen LogP contribution is -2.33. The zero-order valence-corrected chi connectivity index (χ0v) is 12.0. The van der Waals surface area contributed by atoms with Crippen molar-refractivity contribution >= 4 is 11.7 Å². The maximum absolute atomic E-state index is 12.3. The molecule has 1 saturated carbocycles. The Morgan fingerprint density at radius 3 is 2.70 bits per heavy atom. The van der Waals surface area contributed by atoms with E-state index in [4.69, 9.17) is 5.73 Å². The zero-order valence-electron chi connectivity index (χ0n) is 12.0. The van der Waals surface area contributed by atoms with Crippen LogP contribution in [-0.4, -0.2) is 24.0 Å². The normalized spacial score (nSPS) is 26.4. The predicted molar refractivity (Wildman–Crippen MR) is 80.5 cm³/mol. The molecule has 2 fully saturated rings. The Labute approximate surface area is 120 Å². The van der Waals surface area contributed by atoms with Gasteiger partial charge in [-0.15, -0.1) is 0 Å².